The summed E-state index contributed by atoms with van der Waals surface area (Å²) in [5.41, 5.74) is 24.3. The quantitative estimate of drug-likeness (QED) is 0.0198. The van der Waals surface area contributed by atoms with E-state index in [1.54, 1.807) is 42.6 Å². The molecular formula is C38H53N11O8S2. The van der Waals surface area contributed by atoms with E-state index in [4.69, 9.17) is 22.9 Å². The van der Waals surface area contributed by atoms with Crippen molar-refractivity contribution >= 4 is 83.5 Å². The molecule has 2 aromatic carbocycles. The highest BCUT2D eigenvalue weighted by Crippen LogP contribution is 2.19. The first kappa shape index (κ1) is 47.6. The molecule has 3 rings (SSSR count). The van der Waals surface area contributed by atoms with Crippen molar-refractivity contribution in [1.29, 1.82) is 0 Å². The highest BCUT2D eigenvalue weighted by Gasteiger charge is 2.33. The molecule has 59 heavy (non-hydrogen) atoms. The Kier molecular flexibility index (Phi) is 19.5. The highest BCUT2D eigenvalue weighted by atomic mass is 32.1. The molecule has 0 saturated heterocycles. The van der Waals surface area contributed by atoms with Gasteiger partial charge in [0.25, 0.3) is 0 Å². The molecule has 0 aliphatic heterocycles. The van der Waals surface area contributed by atoms with Crippen LogP contribution in [0, 0.1) is 0 Å². The Morgan fingerprint density at radius 1 is 0.678 bits per heavy atom. The summed E-state index contributed by atoms with van der Waals surface area (Å²) in [6.45, 7) is 0.0737. The van der Waals surface area contributed by atoms with Crippen molar-refractivity contribution in [3.8, 4) is 0 Å². The topological polar surface area (TPSA) is 332 Å². The fourth-order valence-electron chi connectivity index (χ4n) is 5.94. The van der Waals surface area contributed by atoms with Gasteiger partial charge >= 0.3 is 5.97 Å². The van der Waals surface area contributed by atoms with Gasteiger partial charge in [-0.25, -0.2) is 4.79 Å². The van der Waals surface area contributed by atoms with Crippen LogP contribution < -0.4 is 49.5 Å². The Balaban J connectivity index is 1.96. The fraction of sp³-hybridized carbons (Fsp3) is 0.421. The number of nitrogens with one attached hydrogen (secondary N) is 6. The molecule has 1 aromatic heterocycles. The number of carbonyl (C=O) groups excluding carboxylic acids is 6. The summed E-state index contributed by atoms with van der Waals surface area (Å²) in [5.74, 6) is -6.15. The molecule has 0 radical (unpaired) electrons. The van der Waals surface area contributed by atoms with Gasteiger partial charge in [-0.2, -0.15) is 25.3 Å². The lowest BCUT2D eigenvalue weighted by Crippen LogP contribution is -2.60. The van der Waals surface area contributed by atoms with Crippen molar-refractivity contribution in [2.75, 3.05) is 18.1 Å². The molecule has 6 amide bonds. The molecule has 6 atom stereocenters. The van der Waals surface area contributed by atoms with Crippen molar-refractivity contribution in [1.82, 2.24) is 31.6 Å². The molecule has 1 heterocycles. The molecular weight excluding hydrogens is 803 g/mol. The number of primary amides is 1. The van der Waals surface area contributed by atoms with Crippen LogP contribution in [0.15, 0.2) is 65.8 Å². The van der Waals surface area contributed by atoms with E-state index in [9.17, 15) is 38.7 Å². The number of thiol groups is 2. The first-order valence-corrected chi connectivity index (χ1v) is 20.0. The maximum absolute atomic E-state index is 14.2. The van der Waals surface area contributed by atoms with Crippen LogP contribution >= 0.6 is 25.3 Å². The molecule has 0 aliphatic carbocycles. The summed E-state index contributed by atoms with van der Waals surface area (Å²) in [5, 5.41) is 23.3. The van der Waals surface area contributed by atoms with E-state index < -0.39 is 77.7 Å². The van der Waals surface area contributed by atoms with E-state index in [2.05, 4.69) is 61.8 Å². The summed E-state index contributed by atoms with van der Waals surface area (Å²) in [6.07, 6.45) is 1.39. The zero-order valence-corrected chi connectivity index (χ0v) is 34.1. The molecule has 0 unspecified atom stereocenters. The van der Waals surface area contributed by atoms with Gasteiger partial charge in [0.1, 0.15) is 30.2 Å². The number of nitrogens with two attached hydrogens (primary N) is 4. The number of rotatable bonds is 25. The molecule has 15 N–H and O–H groups in total. The second kappa shape index (κ2) is 24.2. The summed E-state index contributed by atoms with van der Waals surface area (Å²) in [6, 6.07) is 8.22. The van der Waals surface area contributed by atoms with E-state index in [0.717, 1.165) is 10.9 Å². The predicted molar refractivity (Wildman–Crippen MR) is 228 cm³/mol. The minimum Gasteiger partial charge on any atom is -0.480 e. The normalized spacial score (nSPS) is 14.0. The molecule has 19 nitrogen and oxygen atoms in total. The molecule has 0 aliphatic rings. The number of carboxylic acids is 1. The largest absolute Gasteiger partial charge is 0.480 e. The Labute approximate surface area is 351 Å². The standard InChI is InChI=1S/C38H53N11O8S2/c39-24(14-16-58)32(51)45-27(12-13-31(40)50)34(53)47-28(17-21-7-2-1-3-8-21)35(54)46-26(11-6-15-43-38(41)42)33(52)48-29(36(55)49-30(20-59)37(56)57)18-22-19-44-25-10-5-4-9-23(22)25/h1-5,7-10,19,24,26-30,44,58-59H,6,11-18,20,39H2,(H2,40,50)(H,45,51)(H,46,54)(H,47,53)(H,48,52)(H,49,55)(H,56,57)(H4,41,42,43)/t24-,26-,27-,28+,29-,30-/m0/s1. The van der Waals surface area contributed by atoms with Crippen LogP contribution in [0.5, 0.6) is 0 Å². The van der Waals surface area contributed by atoms with E-state index in [-0.39, 0.29) is 63.2 Å². The molecule has 0 fully saturated rings. The third-order valence-electron chi connectivity index (χ3n) is 9.11. The lowest BCUT2D eigenvalue weighted by molar-refractivity contribution is -0.141. The number of hydrogen-bond acceptors (Lipinski definition) is 11. The number of aliphatic imine (C=N–C) groups is 1. The summed E-state index contributed by atoms with van der Waals surface area (Å²) >= 11 is 8.13. The number of aromatic amines is 1. The second-order valence-electron chi connectivity index (χ2n) is 13.7. The highest BCUT2D eigenvalue weighted by molar-refractivity contribution is 7.80. The molecule has 3 aromatic rings. The van der Waals surface area contributed by atoms with Gasteiger partial charge in [0.05, 0.1) is 6.04 Å². The number of para-hydroxylation sites is 1. The van der Waals surface area contributed by atoms with Gasteiger partial charge in [0.2, 0.25) is 35.4 Å². The van der Waals surface area contributed by atoms with E-state index in [1.807, 2.05) is 18.2 Å². The molecule has 320 valence electrons. The summed E-state index contributed by atoms with van der Waals surface area (Å²) in [4.78, 5) is 99.2. The van der Waals surface area contributed by atoms with Crippen LogP contribution in [0.1, 0.15) is 43.2 Å². The predicted octanol–water partition coefficient (Wildman–Crippen LogP) is -1.64. The van der Waals surface area contributed by atoms with Gasteiger partial charge in [-0.1, -0.05) is 48.5 Å². The Morgan fingerprint density at radius 2 is 1.22 bits per heavy atom. The summed E-state index contributed by atoms with van der Waals surface area (Å²) < 4.78 is 0. The van der Waals surface area contributed by atoms with Crippen molar-refractivity contribution in [3.63, 3.8) is 0 Å². The number of carbonyl (C=O) groups is 7. The van der Waals surface area contributed by atoms with E-state index >= 15 is 0 Å². The van der Waals surface area contributed by atoms with Crippen molar-refractivity contribution in [2.45, 2.75) is 81.2 Å². The van der Waals surface area contributed by atoms with E-state index in [0.29, 0.717) is 16.9 Å². The molecule has 21 heteroatoms. The van der Waals surface area contributed by atoms with Gasteiger partial charge < -0.3 is 59.6 Å². The van der Waals surface area contributed by atoms with Crippen molar-refractivity contribution in [3.05, 3.63) is 71.9 Å². The van der Waals surface area contributed by atoms with Crippen LogP contribution in [0.3, 0.4) is 0 Å². The minimum absolute atomic E-state index is 0.0451. The monoisotopic (exact) mass is 855 g/mol. The third-order valence-corrected chi connectivity index (χ3v) is 9.74. The van der Waals surface area contributed by atoms with Gasteiger partial charge in [0.15, 0.2) is 5.96 Å². The van der Waals surface area contributed by atoms with Crippen LogP contribution in [-0.4, -0.2) is 112 Å². The number of guanidine groups is 1. The van der Waals surface area contributed by atoms with Gasteiger partial charge in [-0.3, -0.25) is 33.8 Å². The number of fused-ring (bicyclic) bond motifs is 1. The average Bonchev–Trinajstić information content (AvgIpc) is 3.61. The molecule has 0 bridgehead atoms. The van der Waals surface area contributed by atoms with Gasteiger partial charge in [-0.15, -0.1) is 0 Å². The lowest BCUT2D eigenvalue weighted by atomic mass is 10.0. The summed E-state index contributed by atoms with van der Waals surface area (Å²) in [7, 11) is 0. The number of carboxylic acid groups (broad SMARTS) is 1. The van der Waals surface area contributed by atoms with Crippen LogP contribution in [-0.2, 0) is 46.4 Å². The number of amides is 6. The van der Waals surface area contributed by atoms with Crippen LogP contribution in [0.4, 0.5) is 0 Å². The number of hydrogen-bond donors (Lipinski definition) is 13. The minimum atomic E-state index is -1.37. The van der Waals surface area contributed by atoms with Crippen molar-refractivity contribution < 1.29 is 38.7 Å². The number of nitrogens with zero attached hydrogens (tertiary/aromatic N) is 1. The average molecular weight is 856 g/mol. The third kappa shape index (κ3) is 15.8. The smallest absolute Gasteiger partial charge is 0.327 e. The zero-order valence-electron chi connectivity index (χ0n) is 32.3. The maximum Gasteiger partial charge on any atom is 0.327 e. The number of benzene rings is 2. The Bertz CT molecular complexity index is 1940. The van der Waals surface area contributed by atoms with E-state index in [1.165, 1.54) is 0 Å². The van der Waals surface area contributed by atoms with Gasteiger partial charge in [0, 0.05) is 48.7 Å². The Morgan fingerprint density at radius 3 is 1.81 bits per heavy atom. The fourth-order valence-corrected chi connectivity index (χ4v) is 6.47. The molecule has 0 spiro atoms. The van der Waals surface area contributed by atoms with Gasteiger partial charge in [-0.05, 0) is 48.6 Å². The first-order valence-electron chi connectivity index (χ1n) is 18.8. The number of aliphatic carboxylic acids is 1. The number of H-pyrrole nitrogens is 1. The maximum atomic E-state index is 14.2. The SMILES string of the molecule is NC(=O)CC[C@H](NC(=O)[C@@H](N)CCS)C(=O)N[C@H](Cc1ccccc1)C(=O)N[C@@H](CCCN=C(N)N)C(=O)N[C@@H](Cc1c[nH]c2ccccc12)C(=O)N[C@@H](CS)C(=O)O. The zero-order chi connectivity index (χ0) is 43.5. The Hall–Kier alpha value is -5.80. The molecule has 0 saturated carbocycles. The second-order valence-corrected chi connectivity index (χ2v) is 14.5. The van der Waals surface area contributed by atoms with Crippen LogP contribution in [0.2, 0.25) is 0 Å². The number of aromatic nitrogens is 1. The van der Waals surface area contributed by atoms with Crippen molar-refractivity contribution in [2.24, 2.45) is 27.9 Å². The first-order chi connectivity index (χ1) is 28.1. The van der Waals surface area contributed by atoms with Crippen LogP contribution in [0.25, 0.3) is 10.9 Å². The lowest BCUT2D eigenvalue weighted by Gasteiger charge is -2.27.